The lowest BCUT2D eigenvalue weighted by Crippen LogP contribution is -2.17. The Morgan fingerprint density at radius 1 is 0.969 bits per heavy atom. The third-order valence-electron chi connectivity index (χ3n) is 4.88. The van der Waals surface area contributed by atoms with Gasteiger partial charge in [0.25, 0.3) is 5.91 Å². The molecule has 2 aromatic heterocycles. The standard InChI is InChI=1S/C23H23NO7S/c1-6-29-22(27)18-13(5)19(23(28)30-7-2)32-21(18)24-20(26)17-10-15(25)14-8-11(3)12(4)9-16(14)31-17/h8-10H,6-7H2,1-5H3,(H,24,26). The largest absolute Gasteiger partial charge is 0.462 e. The number of carbonyl (C=O) groups excluding carboxylic acids is 3. The van der Waals surface area contributed by atoms with E-state index in [9.17, 15) is 19.2 Å². The Balaban J connectivity index is 2.04. The fraction of sp³-hybridized carbons (Fsp3) is 0.304. The molecule has 1 amide bonds. The molecule has 0 aliphatic heterocycles. The van der Waals surface area contributed by atoms with Gasteiger partial charge in [0.05, 0.1) is 24.2 Å². The third-order valence-corrected chi connectivity index (χ3v) is 6.07. The van der Waals surface area contributed by atoms with Crippen LogP contribution >= 0.6 is 11.3 Å². The molecule has 0 saturated heterocycles. The van der Waals surface area contributed by atoms with Crippen LogP contribution in [-0.4, -0.2) is 31.1 Å². The first-order valence-electron chi connectivity index (χ1n) is 10.0. The molecule has 0 saturated carbocycles. The Labute approximate surface area is 188 Å². The Morgan fingerprint density at radius 2 is 1.59 bits per heavy atom. The van der Waals surface area contributed by atoms with E-state index in [0.29, 0.717) is 10.9 Å². The van der Waals surface area contributed by atoms with E-state index >= 15 is 0 Å². The highest BCUT2D eigenvalue weighted by Gasteiger charge is 2.28. The van der Waals surface area contributed by atoms with E-state index in [4.69, 9.17) is 13.9 Å². The number of ether oxygens (including phenoxy) is 2. The van der Waals surface area contributed by atoms with Gasteiger partial charge in [0.15, 0.2) is 11.2 Å². The number of benzene rings is 1. The highest BCUT2D eigenvalue weighted by molar-refractivity contribution is 7.18. The maximum Gasteiger partial charge on any atom is 0.348 e. The summed E-state index contributed by atoms with van der Waals surface area (Å²) < 4.78 is 15.8. The molecule has 0 unspecified atom stereocenters. The molecule has 2 heterocycles. The number of hydrogen-bond donors (Lipinski definition) is 1. The molecule has 1 aromatic carbocycles. The van der Waals surface area contributed by atoms with Crippen LogP contribution in [-0.2, 0) is 9.47 Å². The normalized spacial score (nSPS) is 10.8. The molecule has 1 N–H and O–H groups in total. The highest BCUT2D eigenvalue weighted by Crippen LogP contribution is 2.34. The van der Waals surface area contributed by atoms with Crippen molar-refractivity contribution in [3.63, 3.8) is 0 Å². The summed E-state index contributed by atoms with van der Waals surface area (Å²) >= 11 is 0.896. The van der Waals surface area contributed by atoms with Crippen molar-refractivity contribution >= 4 is 45.2 Å². The second kappa shape index (κ2) is 9.35. The van der Waals surface area contributed by atoms with Crippen molar-refractivity contribution in [3.8, 4) is 0 Å². The molecule has 0 fully saturated rings. The van der Waals surface area contributed by atoms with Crippen molar-refractivity contribution in [3.05, 3.63) is 61.3 Å². The minimum Gasteiger partial charge on any atom is -0.462 e. The first kappa shape index (κ1) is 23.2. The molecule has 8 nitrogen and oxygen atoms in total. The van der Waals surface area contributed by atoms with E-state index in [-0.39, 0.29) is 45.4 Å². The number of amides is 1. The van der Waals surface area contributed by atoms with Gasteiger partial charge in [0.1, 0.15) is 15.5 Å². The SMILES string of the molecule is CCOC(=O)c1sc(NC(=O)c2cc(=O)c3cc(C)c(C)cc3o2)c(C(=O)OCC)c1C. The number of fused-ring (bicyclic) bond motifs is 1. The van der Waals surface area contributed by atoms with Gasteiger partial charge in [0, 0.05) is 6.07 Å². The van der Waals surface area contributed by atoms with E-state index < -0.39 is 17.8 Å². The van der Waals surface area contributed by atoms with Crippen molar-refractivity contribution in [2.45, 2.75) is 34.6 Å². The summed E-state index contributed by atoms with van der Waals surface area (Å²) in [4.78, 5) is 50.4. The lowest BCUT2D eigenvalue weighted by molar-refractivity contribution is 0.0527. The molecule has 168 valence electrons. The number of rotatable bonds is 6. The monoisotopic (exact) mass is 457 g/mol. The van der Waals surface area contributed by atoms with Crippen LogP contribution in [0.3, 0.4) is 0 Å². The zero-order valence-electron chi connectivity index (χ0n) is 18.4. The summed E-state index contributed by atoms with van der Waals surface area (Å²) in [5, 5.41) is 3.06. The lowest BCUT2D eigenvalue weighted by Gasteiger charge is -2.08. The summed E-state index contributed by atoms with van der Waals surface area (Å²) in [6, 6.07) is 4.51. The van der Waals surface area contributed by atoms with Crippen molar-refractivity contribution in [2.75, 3.05) is 18.5 Å². The van der Waals surface area contributed by atoms with E-state index in [0.717, 1.165) is 28.5 Å². The number of anilines is 1. The maximum atomic E-state index is 12.9. The zero-order chi connectivity index (χ0) is 23.6. The number of thiophene rings is 1. The van der Waals surface area contributed by atoms with Crippen LogP contribution in [0.4, 0.5) is 5.00 Å². The van der Waals surface area contributed by atoms with Gasteiger partial charge in [-0.05, 0) is 63.4 Å². The number of nitrogens with one attached hydrogen (secondary N) is 1. The summed E-state index contributed by atoms with van der Waals surface area (Å²) in [5.41, 5.74) is 2.17. The molecule has 0 aliphatic carbocycles. The van der Waals surface area contributed by atoms with Crippen molar-refractivity contribution in [1.82, 2.24) is 0 Å². The van der Waals surface area contributed by atoms with E-state index in [2.05, 4.69) is 5.32 Å². The fourth-order valence-corrected chi connectivity index (χ4v) is 4.21. The molecule has 0 bridgehead atoms. The molecular weight excluding hydrogens is 434 g/mol. The van der Waals surface area contributed by atoms with Gasteiger partial charge in [-0.15, -0.1) is 11.3 Å². The topological polar surface area (TPSA) is 112 Å². The number of aryl methyl sites for hydroxylation is 2. The average Bonchev–Trinajstić information content (AvgIpc) is 3.05. The van der Waals surface area contributed by atoms with Crippen LogP contribution in [0.1, 0.15) is 61.1 Å². The van der Waals surface area contributed by atoms with Crippen molar-refractivity contribution in [2.24, 2.45) is 0 Å². The van der Waals surface area contributed by atoms with Crippen LogP contribution in [0.2, 0.25) is 0 Å². The fourth-order valence-electron chi connectivity index (χ4n) is 3.13. The summed E-state index contributed by atoms with van der Waals surface area (Å²) in [6.45, 7) is 8.93. The number of hydrogen-bond acceptors (Lipinski definition) is 8. The summed E-state index contributed by atoms with van der Waals surface area (Å²) in [6.07, 6.45) is 0. The van der Waals surface area contributed by atoms with Gasteiger partial charge in [-0.25, -0.2) is 9.59 Å². The van der Waals surface area contributed by atoms with Gasteiger partial charge in [-0.1, -0.05) is 0 Å². The third kappa shape index (κ3) is 4.43. The Kier molecular flexibility index (Phi) is 6.78. The second-order valence-corrected chi connectivity index (χ2v) is 8.08. The molecule has 0 aliphatic rings. The summed E-state index contributed by atoms with van der Waals surface area (Å²) in [5.74, 6) is -2.24. The maximum absolute atomic E-state index is 12.9. The van der Waals surface area contributed by atoms with Crippen LogP contribution in [0, 0.1) is 20.8 Å². The summed E-state index contributed by atoms with van der Waals surface area (Å²) in [7, 11) is 0. The van der Waals surface area contributed by atoms with E-state index in [1.165, 1.54) is 0 Å². The van der Waals surface area contributed by atoms with Gasteiger partial charge in [-0.3, -0.25) is 9.59 Å². The van der Waals surface area contributed by atoms with Crippen LogP contribution in [0.5, 0.6) is 0 Å². The molecular formula is C23H23NO7S. The van der Waals surface area contributed by atoms with Gasteiger partial charge < -0.3 is 19.2 Å². The number of carbonyl (C=O) groups is 3. The first-order chi connectivity index (χ1) is 15.2. The predicted molar refractivity (Wildman–Crippen MR) is 121 cm³/mol. The van der Waals surface area contributed by atoms with E-state index in [1.54, 1.807) is 32.9 Å². The Hall–Kier alpha value is -3.46. The van der Waals surface area contributed by atoms with Crippen LogP contribution in [0.25, 0.3) is 11.0 Å². The predicted octanol–water partition coefficient (Wildman–Crippen LogP) is 4.39. The molecule has 3 rings (SSSR count). The minimum atomic E-state index is -0.732. The lowest BCUT2D eigenvalue weighted by atomic mass is 10.1. The second-order valence-electron chi connectivity index (χ2n) is 7.06. The van der Waals surface area contributed by atoms with Gasteiger partial charge in [-0.2, -0.15) is 0 Å². The van der Waals surface area contributed by atoms with Crippen molar-refractivity contribution < 1.29 is 28.3 Å². The average molecular weight is 458 g/mol. The molecule has 0 atom stereocenters. The zero-order valence-corrected chi connectivity index (χ0v) is 19.2. The Bertz CT molecular complexity index is 1290. The van der Waals surface area contributed by atoms with Gasteiger partial charge in [0.2, 0.25) is 0 Å². The first-order valence-corrected chi connectivity index (χ1v) is 10.8. The molecule has 3 aromatic rings. The van der Waals surface area contributed by atoms with Crippen LogP contribution in [0.15, 0.2) is 27.4 Å². The van der Waals surface area contributed by atoms with E-state index in [1.807, 2.05) is 13.8 Å². The molecule has 0 radical (unpaired) electrons. The van der Waals surface area contributed by atoms with Gasteiger partial charge >= 0.3 is 11.9 Å². The molecule has 0 spiro atoms. The molecule has 9 heteroatoms. The van der Waals surface area contributed by atoms with Crippen LogP contribution < -0.4 is 10.7 Å². The molecule has 32 heavy (non-hydrogen) atoms. The Morgan fingerprint density at radius 3 is 2.25 bits per heavy atom. The smallest absolute Gasteiger partial charge is 0.348 e. The van der Waals surface area contributed by atoms with Crippen molar-refractivity contribution in [1.29, 1.82) is 0 Å². The number of esters is 2. The quantitative estimate of drug-likeness (QED) is 0.547. The highest BCUT2D eigenvalue weighted by atomic mass is 32.1. The minimum absolute atomic E-state index is 0.0582.